The van der Waals surface area contributed by atoms with Crippen LogP contribution in [0.5, 0.6) is 5.75 Å². The van der Waals surface area contributed by atoms with Gasteiger partial charge in [0.05, 0.1) is 13.7 Å². The lowest BCUT2D eigenvalue weighted by Crippen LogP contribution is -2.44. The van der Waals surface area contributed by atoms with Gasteiger partial charge in [0, 0.05) is 24.6 Å². The number of likely N-dealkylation sites (tertiary alicyclic amines) is 1. The summed E-state index contributed by atoms with van der Waals surface area (Å²) in [5.74, 6) is 7.20. The first-order chi connectivity index (χ1) is 12.1. The fourth-order valence-electron chi connectivity index (χ4n) is 3.92. The summed E-state index contributed by atoms with van der Waals surface area (Å²) >= 11 is 0. The zero-order valence-electron chi connectivity index (χ0n) is 14.8. The summed E-state index contributed by atoms with van der Waals surface area (Å²) in [7, 11) is 1.62. The third-order valence-corrected chi connectivity index (χ3v) is 5.21. The van der Waals surface area contributed by atoms with E-state index in [2.05, 4.69) is 11.8 Å². The molecule has 1 amide bonds. The van der Waals surface area contributed by atoms with Gasteiger partial charge in [0.2, 0.25) is 0 Å². The molecule has 0 bridgehead atoms. The third kappa shape index (κ3) is 3.74. The molecule has 1 aliphatic heterocycles. The van der Waals surface area contributed by atoms with Crippen LogP contribution < -0.4 is 4.74 Å². The Hall–Kier alpha value is -2.19. The molecule has 0 spiro atoms. The molecule has 0 radical (unpaired) electrons. The molecule has 0 aromatic heterocycles. The molecule has 1 saturated heterocycles. The first kappa shape index (κ1) is 17.6. The fraction of sp³-hybridized carbons (Fsp3) is 0.550. The Bertz CT molecular complexity index is 692. The topological polar surface area (TPSA) is 59.0 Å². The highest BCUT2D eigenvalue weighted by Crippen LogP contribution is 2.42. The van der Waals surface area contributed by atoms with Crippen molar-refractivity contribution in [2.24, 2.45) is 11.8 Å². The van der Waals surface area contributed by atoms with Crippen molar-refractivity contribution < 1.29 is 19.4 Å². The second-order valence-corrected chi connectivity index (χ2v) is 6.77. The van der Waals surface area contributed by atoms with Gasteiger partial charge >= 0.3 is 6.09 Å². The van der Waals surface area contributed by atoms with Crippen LogP contribution in [0, 0.1) is 23.7 Å². The molecular formula is C20H25NO4. The Kier molecular flexibility index (Phi) is 5.19. The second-order valence-electron chi connectivity index (χ2n) is 6.77. The van der Waals surface area contributed by atoms with E-state index in [-0.39, 0.29) is 17.9 Å². The molecule has 3 rings (SSSR count). The molecule has 3 unspecified atom stereocenters. The molecule has 2 fully saturated rings. The molecule has 1 aromatic rings. The predicted molar refractivity (Wildman–Crippen MR) is 94.2 cm³/mol. The van der Waals surface area contributed by atoms with E-state index in [1.165, 1.54) is 0 Å². The number of carbonyl (C=O) groups is 1. The third-order valence-electron chi connectivity index (χ3n) is 5.21. The summed E-state index contributed by atoms with van der Waals surface area (Å²) in [6.07, 6.45) is 2.28. The predicted octanol–water partition coefficient (Wildman–Crippen LogP) is 2.67. The lowest BCUT2D eigenvalue weighted by Gasteiger charge is -2.37. The van der Waals surface area contributed by atoms with E-state index in [0.29, 0.717) is 26.1 Å². The van der Waals surface area contributed by atoms with Crippen LogP contribution in [0.25, 0.3) is 0 Å². The maximum atomic E-state index is 12.0. The highest BCUT2D eigenvalue weighted by Gasteiger charge is 2.49. The van der Waals surface area contributed by atoms with Crippen LogP contribution in [0.3, 0.4) is 0 Å². The average molecular weight is 343 g/mol. The largest absolute Gasteiger partial charge is 0.497 e. The Morgan fingerprint density at radius 3 is 3.04 bits per heavy atom. The Morgan fingerprint density at radius 1 is 1.44 bits per heavy atom. The van der Waals surface area contributed by atoms with Gasteiger partial charge in [-0.05, 0) is 50.3 Å². The van der Waals surface area contributed by atoms with Gasteiger partial charge in [0.1, 0.15) is 11.4 Å². The van der Waals surface area contributed by atoms with Gasteiger partial charge in [-0.15, -0.1) is 0 Å². The lowest BCUT2D eigenvalue weighted by atomic mass is 9.71. The Morgan fingerprint density at radius 2 is 2.28 bits per heavy atom. The lowest BCUT2D eigenvalue weighted by molar-refractivity contribution is -0.00794. The van der Waals surface area contributed by atoms with Gasteiger partial charge in [-0.3, -0.25) is 0 Å². The van der Waals surface area contributed by atoms with Gasteiger partial charge in [-0.2, -0.15) is 0 Å². The van der Waals surface area contributed by atoms with E-state index in [4.69, 9.17) is 9.47 Å². The standard InChI is InChI=1S/C20H25NO4/c1-3-25-19(22)21-13-16-7-5-10-20(23,18(16)14-21)11-9-15-6-4-8-17(12-15)24-2/h4,6,8,12,16,18,23H,3,5,7,10,13-14H2,1-2H3. The summed E-state index contributed by atoms with van der Waals surface area (Å²) < 4.78 is 10.3. The first-order valence-corrected chi connectivity index (χ1v) is 8.87. The maximum Gasteiger partial charge on any atom is 0.409 e. The summed E-state index contributed by atoms with van der Waals surface area (Å²) in [5.41, 5.74) is -0.247. The number of ether oxygens (including phenoxy) is 2. The number of rotatable bonds is 2. The number of aliphatic hydroxyl groups is 1. The minimum atomic E-state index is -1.06. The highest BCUT2D eigenvalue weighted by atomic mass is 16.6. The number of benzene rings is 1. The van der Waals surface area contributed by atoms with Crippen molar-refractivity contribution >= 4 is 6.09 Å². The molecule has 1 aromatic carbocycles. The summed E-state index contributed by atoms with van der Waals surface area (Å²) in [4.78, 5) is 13.7. The van der Waals surface area contributed by atoms with E-state index in [1.54, 1.807) is 18.9 Å². The van der Waals surface area contributed by atoms with Crippen LogP contribution in [0.4, 0.5) is 4.79 Å². The van der Waals surface area contributed by atoms with Crippen molar-refractivity contribution in [3.63, 3.8) is 0 Å². The Balaban J connectivity index is 1.78. The number of carbonyl (C=O) groups excluding carboxylic acids is 1. The molecule has 1 N–H and O–H groups in total. The zero-order chi connectivity index (χ0) is 17.9. The van der Waals surface area contributed by atoms with E-state index >= 15 is 0 Å². The summed E-state index contributed by atoms with van der Waals surface area (Å²) in [6, 6.07) is 7.51. The van der Waals surface area contributed by atoms with Crippen molar-refractivity contribution in [3.8, 4) is 17.6 Å². The second kappa shape index (κ2) is 7.37. The number of methoxy groups -OCH3 is 1. The molecule has 1 saturated carbocycles. The van der Waals surface area contributed by atoms with Crippen molar-refractivity contribution in [3.05, 3.63) is 29.8 Å². The Labute approximate surface area is 148 Å². The van der Waals surface area contributed by atoms with E-state index in [1.807, 2.05) is 24.3 Å². The number of hydrogen-bond donors (Lipinski definition) is 1. The number of hydrogen-bond acceptors (Lipinski definition) is 4. The molecule has 1 heterocycles. The summed E-state index contributed by atoms with van der Waals surface area (Å²) in [6.45, 7) is 3.32. The van der Waals surface area contributed by atoms with Crippen molar-refractivity contribution in [1.29, 1.82) is 0 Å². The highest BCUT2D eigenvalue weighted by molar-refractivity contribution is 5.68. The molecule has 3 atom stereocenters. The average Bonchev–Trinajstić information content (AvgIpc) is 3.07. The minimum absolute atomic E-state index is 0.0243. The molecule has 134 valence electrons. The van der Waals surface area contributed by atoms with Gasteiger partial charge in [-0.1, -0.05) is 17.9 Å². The van der Waals surface area contributed by atoms with Crippen LogP contribution in [0.2, 0.25) is 0 Å². The van der Waals surface area contributed by atoms with Crippen LogP contribution in [0.15, 0.2) is 24.3 Å². The quantitative estimate of drug-likeness (QED) is 0.839. The van der Waals surface area contributed by atoms with Crippen LogP contribution in [0.1, 0.15) is 31.7 Å². The SMILES string of the molecule is CCOC(=O)N1CC2CCCC(O)(C#Cc3cccc(OC)c3)C2C1. The first-order valence-electron chi connectivity index (χ1n) is 8.87. The van der Waals surface area contributed by atoms with E-state index in [0.717, 1.165) is 24.2 Å². The van der Waals surface area contributed by atoms with Crippen LogP contribution in [-0.4, -0.2) is 48.5 Å². The maximum absolute atomic E-state index is 12.0. The summed E-state index contributed by atoms with van der Waals surface area (Å²) in [5, 5.41) is 11.2. The van der Waals surface area contributed by atoms with Gasteiger partial charge in [0.15, 0.2) is 0 Å². The zero-order valence-corrected chi connectivity index (χ0v) is 14.8. The number of nitrogens with zero attached hydrogens (tertiary/aromatic N) is 1. The van der Waals surface area contributed by atoms with Gasteiger partial charge < -0.3 is 19.5 Å². The normalized spacial score (nSPS) is 27.9. The van der Waals surface area contributed by atoms with E-state index in [9.17, 15) is 9.90 Å². The molecule has 25 heavy (non-hydrogen) atoms. The van der Waals surface area contributed by atoms with Crippen LogP contribution in [-0.2, 0) is 4.74 Å². The minimum Gasteiger partial charge on any atom is -0.497 e. The van der Waals surface area contributed by atoms with Crippen molar-refractivity contribution in [2.45, 2.75) is 31.8 Å². The van der Waals surface area contributed by atoms with Crippen LogP contribution >= 0.6 is 0 Å². The number of amides is 1. The van der Waals surface area contributed by atoms with E-state index < -0.39 is 5.60 Å². The molecule has 5 nitrogen and oxygen atoms in total. The number of fused-ring (bicyclic) bond motifs is 1. The molecular weight excluding hydrogens is 318 g/mol. The van der Waals surface area contributed by atoms with Crippen molar-refractivity contribution in [1.82, 2.24) is 4.90 Å². The van der Waals surface area contributed by atoms with Gasteiger partial charge in [-0.25, -0.2) is 4.79 Å². The molecule has 2 aliphatic rings. The van der Waals surface area contributed by atoms with Gasteiger partial charge in [0.25, 0.3) is 0 Å². The molecule has 1 aliphatic carbocycles. The fourth-order valence-corrected chi connectivity index (χ4v) is 3.92. The monoisotopic (exact) mass is 343 g/mol. The smallest absolute Gasteiger partial charge is 0.409 e. The van der Waals surface area contributed by atoms with Crippen molar-refractivity contribution in [2.75, 3.05) is 26.8 Å². The molecule has 5 heteroatoms.